The highest BCUT2D eigenvalue weighted by atomic mass is 79.9. The number of carbonyl (C=O) groups is 1. The number of carboxylic acid groups (broad SMARTS) is 1. The van der Waals surface area contributed by atoms with Gasteiger partial charge in [-0.3, -0.25) is 0 Å². The Morgan fingerprint density at radius 2 is 1.84 bits per heavy atom. The average Bonchev–Trinajstić information content (AvgIpc) is 2.30. The van der Waals surface area contributed by atoms with E-state index in [4.69, 9.17) is 5.11 Å². The van der Waals surface area contributed by atoms with Crippen LogP contribution in [0.4, 0.5) is 20.3 Å². The summed E-state index contributed by atoms with van der Waals surface area (Å²) in [6.45, 7) is 0. The number of hydrogen-bond donors (Lipinski definition) is 2. The molecule has 1 aromatic heterocycles. The van der Waals surface area contributed by atoms with Crippen LogP contribution in [0.2, 0.25) is 0 Å². The lowest BCUT2D eigenvalue weighted by Crippen LogP contribution is -2.05. The average molecular weight is 329 g/mol. The van der Waals surface area contributed by atoms with Crippen LogP contribution < -0.4 is 5.32 Å². The fourth-order valence-electron chi connectivity index (χ4n) is 1.46. The van der Waals surface area contributed by atoms with Gasteiger partial charge in [-0.15, -0.1) is 0 Å². The largest absolute Gasteiger partial charge is 0.478 e. The maximum Gasteiger partial charge on any atom is 0.339 e. The van der Waals surface area contributed by atoms with Crippen molar-refractivity contribution in [2.24, 2.45) is 0 Å². The molecule has 0 bridgehead atoms. The number of nitrogens with one attached hydrogen (secondary N) is 1. The van der Waals surface area contributed by atoms with Crippen LogP contribution in [0.1, 0.15) is 10.4 Å². The first-order valence-electron chi connectivity index (χ1n) is 5.07. The van der Waals surface area contributed by atoms with Crippen LogP contribution in [-0.2, 0) is 0 Å². The number of pyridine rings is 1. The number of anilines is 2. The zero-order valence-corrected chi connectivity index (χ0v) is 10.9. The maximum absolute atomic E-state index is 13.0. The number of aromatic nitrogens is 1. The van der Waals surface area contributed by atoms with E-state index in [0.29, 0.717) is 4.47 Å². The predicted octanol–water partition coefficient (Wildman–Crippen LogP) is 3.56. The fourth-order valence-corrected chi connectivity index (χ4v) is 1.80. The highest BCUT2D eigenvalue weighted by Gasteiger charge is 2.13. The molecule has 7 heteroatoms. The van der Waals surface area contributed by atoms with Crippen LogP contribution in [0.25, 0.3) is 0 Å². The molecule has 1 aromatic carbocycles. The van der Waals surface area contributed by atoms with Crippen LogP contribution in [0.5, 0.6) is 0 Å². The second kappa shape index (κ2) is 5.31. The molecule has 0 saturated carbocycles. The quantitative estimate of drug-likeness (QED) is 0.904. The Kier molecular flexibility index (Phi) is 3.75. The summed E-state index contributed by atoms with van der Waals surface area (Å²) in [5.74, 6) is -2.73. The molecule has 4 nitrogen and oxygen atoms in total. The molecule has 1 heterocycles. The molecule has 98 valence electrons. The van der Waals surface area contributed by atoms with Crippen molar-refractivity contribution in [1.29, 1.82) is 0 Å². The Labute approximate surface area is 115 Å². The van der Waals surface area contributed by atoms with Crippen LogP contribution in [0, 0.1) is 11.6 Å². The zero-order valence-electron chi connectivity index (χ0n) is 9.32. The van der Waals surface area contributed by atoms with Crippen LogP contribution in [0.15, 0.2) is 34.9 Å². The normalized spacial score (nSPS) is 10.3. The Balaban J connectivity index is 2.40. The summed E-state index contributed by atoms with van der Waals surface area (Å²) < 4.78 is 26.5. The summed E-state index contributed by atoms with van der Waals surface area (Å²) in [5, 5.41) is 11.6. The van der Waals surface area contributed by atoms with Gasteiger partial charge < -0.3 is 10.4 Å². The summed E-state index contributed by atoms with van der Waals surface area (Å²) in [5.41, 5.74) is -0.0335. The predicted molar refractivity (Wildman–Crippen MR) is 68.5 cm³/mol. The first-order valence-corrected chi connectivity index (χ1v) is 5.87. The SMILES string of the molecule is O=C(O)c1cc(Br)cnc1Nc1cc(F)cc(F)c1. The van der Waals surface area contributed by atoms with Crippen LogP contribution in [-0.4, -0.2) is 16.1 Å². The van der Waals surface area contributed by atoms with Gasteiger partial charge in [0, 0.05) is 22.4 Å². The minimum Gasteiger partial charge on any atom is -0.478 e. The van der Waals surface area contributed by atoms with Gasteiger partial charge in [-0.1, -0.05) is 0 Å². The van der Waals surface area contributed by atoms with Gasteiger partial charge in [-0.05, 0) is 34.1 Å². The molecule has 0 aliphatic heterocycles. The second-order valence-electron chi connectivity index (χ2n) is 3.64. The standard InChI is InChI=1S/C12H7BrF2N2O2/c13-6-1-10(12(18)19)11(16-5-6)17-9-3-7(14)2-8(15)4-9/h1-5H,(H,16,17)(H,18,19). The maximum atomic E-state index is 13.0. The fraction of sp³-hybridized carbons (Fsp3) is 0. The molecule has 0 aliphatic rings. The number of carboxylic acids is 1. The molecule has 2 N–H and O–H groups in total. The summed E-state index contributed by atoms with van der Waals surface area (Å²) in [6.07, 6.45) is 1.38. The molecule has 0 amide bonds. The molecule has 19 heavy (non-hydrogen) atoms. The van der Waals surface area contributed by atoms with Gasteiger partial charge in [0.2, 0.25) is 0 Å². The smallest absolute Gasteiger partial charge is 0.339 e. The lowest BCUT2D eigenvalue weighted by Gasteiger charge is -2.09. The lowest BCUT2D eigenvalue weighted by molar-refractivity contribution is 0.0697. The lowest BCUT2D eigenvalue weighted by atomic mass is 10.2. The van der Waals surface area contributed by atoms with E-state index in [0.717, 1.165) is 18.2 Å². The van der Waals surface area contributed by atoms with Crippen molar-refractivity contribution in [3.63, 3.8) is 0 Å². The van der Waals surface area contributed by atoms with Crippen molar-refractivity contribution < 1.29 is 18.7 Å². The molecule has 0 unspecified atom stereocenters. The van der Waals surface area contributed by atoms with Gasteiger partial charge >= 0.3 is 5.97 Å². The molecule has 2 aromatic rings. The van der Waals surface area contributed by atoms with E-state index in [1.807, 2.05) is 0 Å². The third-order valence-corrected chi connectivity index (χ3v) is 2.64. The second-order valence-corrected chi connectivity index (χ2v) is 4.55. The third kappa shape index (κ3) is 3.25. The Bertz CT molecular complexity index is 629. The van der Waals surface area contributed by atoms with Crippen molar-refractivity contribution >= 4 is 33.4 Å². The van der Waals surface area contributed by atoms with Gasteiger partial charge in [-0.25, -0.2) is 18.6 Å². The molecule has 0 fully saturated rings. The van der Waals surface area contributed by atoms with E-state index in [9.17, 15) is 13.6 Å². The van der Waals surface area contributed by atoms with Gasteiger partial charge in [-0.2, -0.15) is 0 Å². The van der Waals surface area contributed by atoms with Crippen molar-refractivity contribution in [2.75, 3.05) is 5.32 Å². The Morgan fingerprint density at radius 1 is 1.21 bits per heavy atom. The van der Waals surface area contributed by atoms with Crippen molar-refractivity contribution in [3.05, 3.63) is 52.1 Å². The number of hydrogen-bond acceptors (Lipinski definition) is 3. The zero-order chi connectivity index (χ0) is 14.0. The number of halogens is 3. The van der Waals surface area contributed by atoms with E-state index in [-0.39, 0.29) is 17.1 Å². The van der Waals surface area contributed by atoms with Crippen molar-refractivity contribution in [2.45, 2.75) is 0 Å². The number of aromatic carboxylic acids is 1. The molecule has 0 atom stereocenters. The van der Waals surface area contributed by atoms with Gasteiger partial charge in [0.1, 0.15) is 23.0 Å². The summed E-state index contributed by atoms with van der Waals surface area (Å²) in [6, 6.07) is 4.14. The Hall–Kier alpha value is -2.02. The topological polar surface area (TPSA) is 62.2 Å². The molecule has 0 aliphatic carbocycles. The molecule has 0 saturated heterocycles. The van der Waals surface area contributed by atoms with E-state index in [2.05, 4.69) is 26.2 Å². The van der Waals surface area contributed by atoms with Gasteiger partial charge in [0.05, 0.1) is 0 Å². The van der Waals surface area contributed by atoms with E-state index in [1.54, 1.807) is 0 Å². The summed E-state index contributed by atoms with van der Waals surface area (Å²) in [7, 11) is 0. The van der Waals surface area contributed by atoms with Crippen LogP contribution >= 0.6 is 15.9 Å². The van der Waals surface area contributed by atoms with E-state index >= 15 is 0 Å². The number of rotatable bonds is 3. The van der Waals surface area contributed by atoms with Crippen molar-refractivity contribution in [1.82, 2.24) is 4.98 Å². The van der Waals surface area contributed by atoms with Crippen molar-refractivity contribution in [3.8, 4) is 0 Å². The van der Waals surface area contributed by atoms with Crippen LogP contribution in [0.3, 0.4) is 0 Å². The summed E-state index contributed by atoms with van der Waals surface area (Å²) >= 11 is 3.10. The molecule has 0 radical (unpaired) electrons. The molecular weight excluding hydrogens is 322 g/mol. The number of nitrogens with zero attached hydrogens (tertiary/aromatic N) is 1. The molecule has 2 rings (SSSR count). The Morgan fingerprint density at radius 3 is 2.42 bits per heavy atom. The van der Waals surface area contributed by atoms with Gasteiger partial charge in [0.25, 0.3) is 0 Å². The minimum atomic E-state index is -1.20. The van der Waals surface area contributed by atoms with E-state index in [1.165, 1.54) is 12.3 Å². The molecular formula is C12H7BrF2N2O2. The van der Waals surface area contributed by atoms with E-state index < -0.39 is 17.6 Å². The monoisotopic (exact) mass is 328 g/mol. The molecule has 0 spiro atoms. The number of benzene rings is 1. The highest BCUT2D eigenvalue weighted by Crippen LogP contribution is 2.23. The minimum absolute atomic E-state index is 0.000648. The first-order chi connectivity index (χ1) is 8.95. The highest BCUT2D eigenvalue weighted by molar-refractivity contribution is 9.10. The van der Waals surface area contributed by atoms with Gasteiger partial charge in [0.15, 0.2) is 0 Å². The first kappa shape index (κ1) is 13.4. The summed E-state index contributed by atoms with van der Waals surface area (Å²) in [4.78, 5) is 14.9. The third-order valence-electron chi connectivity index (χ3n) is 2.21.